The van der Waals surface area contributed by atoms with Crippen LogP contribution in [-0.4, -0.2) is 36.0 Å². The van der Waals surface area contributed by atoms with Crippen molar-refractivity contribution in [2.24, 2.45) is 0 Å². The Kier molecular flexibility index (Phi) is 5.21. The van der Waals surface area contributed by atoms with Crippen LogP contribution >= 0.6 is 22.6 Å². The molecule has 0 saturated carbocycles. The fraction of sp³-hybridized carbons (Fsp3) is 0.533. The smallest absolute Gasteiger partial charge is 0.251 e. The quantitative estimate of drug-likeness (QED) is 0.828. The average Bonchev–Trinajstić information content (AvgIpc) is 2.40. The first-order valence-electron chi connectivity index (χ1n) is 6.87. The molecular weight excluding hydrogens is 351 g/mol. The predicted octanol–water partition coefficient (Wildman–Crippen LogP) is 2.89. The summed E-state index contributed by atoms with van der Waals surface area (Å²) in [6.07, 6.45) is 2.10. The van der Waals surface area contributed by atoms with Crippen LogP contribution in [0.4, 0.5) is 0 Å². The molecule has 0 bridgehead atoms. The van der Waals surface area contributed by atoms with Crippen LogP contribution in [0.2, 0.25) is 0 Å². The SMILES string of the molecule is CC(C)N1CCC(NC(=O)c2ccc(I)cc2)CC1. The van der Waals surface area contributed by atoms with E-state index in [0.29, 0.717) is 12.1 Å². The van der Waals surface area contributed by atoms with Gasteiger partial charge in [-0.25, -0.2) is 0 Å². The normalized spacial score (nSPS) is 17.7. The van der Waals surface area contributed by atoms with Crippen molar-refractivity contribution >= 4 is 28.5 Å². The number of benzene rings is 1. The van der Waals surface area contributed by atoms with Gasteiger partial charge in [-0.3, -0.25) is 4.79 Å². The molecule has 1 aromatic rings. The highest BCUT2D eigenvalue weighted by molar-refractivity contribution is 14.1. The predicted molar refractivity (Wildman–Crippen MR) is 86.4 cm³/mol. The van der Waals surface area contributed by atoms with Crippen LogP contribution < -0.4 is 5.32 Å². The van der Waals surface area contributed by atoms with E-state index in [9.17, 15) is 4.79 Å². The second kappa shape index (κ2) is 6.70. The molecule has 0 unspecified atom stereocenters. The van der Waals surface area contributed by atoms with E-state index in [4.69, 9.17) is 0 Å². The van der Waals surface area contributed by atoms with Gasteiger partial charge in [-0.05, 0) is 73.5 Å². The van der Waals surface area contributed by atoms with Crippen molar-refractivity contribution in [3.8, 4) is 0 Å². The molecule has 0 radical (unpaired) electrons. The van der Waals surface area contributed by atoms with Gasteiger partial charge in [-0.1, -0.05) is 0 Å². The number of amides is 1. The highest BCUT2D eigenvalue weighted by Gasteiger charge is 2.22. The molecule has 1 N–H and O–H groups in total. The molecule has 1 saturated heterocycles. The number of piperidine rings is 1. The number of nitrogens with zero attached hydrogens (tertiary/aromatic N) is 1. The van der Waals surface area contributed by atoms with E-state index in [1.807, 2.05) is 24.3 Å². The molecule has 0 aliphatic carbocycles. The zero-order valence-corrected chi connectivity index (χ0v) is 13.7. The third-order valence-electron chi connectivity index (χ3n) is 3.70. The minimum absolute atomic E-state index is 0.0550. The minimum Gasteiger partial charge on any atom is -0.349 e. The van der Waals surface area contributed by atoms with E-state index < -0.39 is 0 Å². The highest BCUT2D eigenvalue weighted by Crippen LogP contribution is 2.14. The van der Waals surface area contributed by atoms with Gasteiger partial charge in [-0.2, -0.15) is 0 Å². The second-order valence-electron chi connectivity index (χ2n) is 5.38. The molecule has 0 aromatic heterocycles. The summed E-state index contributed by atoms with van der Waals surface area (Å²) in [7, 11) is 0. The van der Waals surface area contributed by atoms with Gasteiger partial charge in [0.25, 0.3) is 5.91 Å². The minimum atomic E-state index is 0.0550. The van der Waals surface area contributed by atoms with E-state index in [0.717, 1.165) is 35.1 Å². The summed E-state index contributed by atoms with van der Waals surface area (Å²) in [5.74, 6) is 0.0550. The molecule has 1 fully saturated rings. The van der Waals surface area contributed by atoms with Gasteiger partial charge < -0.3 is 10.2 Å². The summed E-state index contributed by atoms with van der Waals surface area (Å²) in [4.78, 5) is 14.6. The first-order valence-corrected chi connectivity index (χ1v) is 7.94. The lowest BCUT2D eigenvalue weighted by Crippen LogP contribution is -2.46. The summed E-state index contributed by atoms with van der Waals surface area (Å²) in [5, 5.41) is 3.15. The maximum atomic E-state index is 12.1. The summed E-state index contributed by atoms with van der Waals surface area (Å²) < 4.78 is 1.15. The standard InChI is InChI=1S/C15H21IN2O/c1-11(2)18-9-7-14(8-10-18)17-15(19)12-3-5-13(16)6-4-12/h3-6,11,14H,7-10H2,1-2H3,(H,17,19). The number of nitrogens with one attached hydrogen (secondary N) is 1. The van der Waals surface area contributed by atoms with Crippen LogP contribution in [0.5, 0.6) is 0 Å². The Morgan fingerprint density at radius 1 is 1.26 bits per heavy atom. The number of rotatable bonds is 3. The first kappa shape index (κ1) is 14.8. The number of hydrogen-bond acceptors (Lipinski definition) is 2. The fourth-order valence-electron chi connectivity index (χ4n) is 2.43. The number of halogens is 1. The van der Waals surface area contributed by atoms with Crippen LogP contribution in [-0.2, 0) is 0 Å². The first-order chi connectivity index (χ1) is 9.06. The molecule has 1 heterocycles. The molecule has 4 heteroatoms. The van der Waals surface area contributed by atoms with Crippen LogP contribution in [0, 0.1) is 3.57 Å². The van der Waals surface area contributed by atoms with E-state index in [1.165, 1.54) is 0 Å². The Hall–Kier alpha value is -0.620. The molecule has 2 rings (SSSR count). The molecule has 0 spiro atoms. The van der Waals surface area contributed by atoms with Gasteiger partial charge in [0, 0.05) is 34.3 Å². The number of carbonyl (C=O) groups is 1. The number of likely N-dealkylation sites (tertiary alicyclic amines) is 1. The van der Waals surface area contributed by atoms with Gasteiger partial charge in [0.05, 0.1) is 0 Å². The molecule has 1 aromatic carbocycles. The van der Waals surface area contributed by atoms with Crippen molar-refractivity contribution in [2.45, 2.75) is 38.8 Å². The molecule has 0 atom stereocenters. The average molecular weight is 372 g/mol. The Morgan fingerprint density at radius 3 is 2.37 bits per heavy atom. The maximum Gasteiger partial charge on any atom is 0.251 e. The number of hydrogen-bond donors (Lipinski definition) is 1. The van der Waals surface area contributed by atoms with Crippen LogP contribution in [0.3, 0.4) is 0 Å². The van der Waals surface area contributed by atoms with E-state index in [1.54, 1.807) is 0 Å². The molecule has 104 valence electrons. The lowest BCUT2D eigenvalue weighted by atomic mass is 10.0. The van der Waals surface area contributed by atoms with Crippen molar-refractivity contribution in [2.75, 3.05) is 13.1 Å². The van der Waals surface area contributed by atoms with Crippen molar-refractivity contribution in [1.82, 2.24) is 10.2 Å². The topological polar surface area (TPSA) is 32.3 Å². The largest absolute Gasteiger partial charge is 0.349 e. The zero-order chi connectivity index (χ0) is 13.8. The van der Waals surface area contributed by atoms with Crippen LogP contribution in [0.25, 0.3) is 0 Å². The van der Waals surface area contributed by atoms with E-state index >= 15 is 0 Å². The van der Waals surface area contributed by atoms with Gasteiger partial charge in [0.15, 0.2) is 0 Å². The maximum absolute atomic E-state index is 12.1. The van der Waals surface area contributed by atoms with Crippen LogP contribution in [0.1, 0.15) is 37.0 Å². The molecule has 1 aliphatic heterocycles. The van der Waals surface area contributed by atoms with Crippen molar-refractivity contribution in [3.63, 3.8) is 0 Å². The fourth-order valence-corrected chi connectivity index (χ4v) is 2.79. The van der Waals surface area contributed by atoms with Gasteiger partial charge in [0.2, 0.25) is 0 Å². The highest BCUT2D eigenvalue weighted by atomic mass is 127. The Bertz CT molecular complexity index is 422. The number of carbonyl (C=O) groups excluding carboxylic acids is 1. The molecule has 19 heavy (non-hydrogen) atoms. The molecule has 3 nitrogen and oxygen atoms in total. The van der Waals surface area contributed by atoms with Crippen molar-refractivity contribution in [3.05, 3.63) is 33.4 Å². The lowest BCUT2D eigenvalue weighted by molar-refractivity contribution is 0.0900. The van der Waals surface area contributed by atoms with E-state index in [-0.39, 0.29) is 5.91 Å². The summed E-state index contributed by atoms with van der Waals surface area (Å²) >= 11 is 2.25. The molecular formula is C15H21IN2O. The monoisotopic (exact) mass is 372 g/mol. The third-order valence-corrected chi connectivity index (χ3v) is 4.42. The summed E-state index contributed by atoms with van der Waals surface area (Å²) in [6.45, 7) is 6.61. The Morgan fingerprint density at radius 2 is 1.84 bits per heavy atom. The van der Waals surface area contributed by atoms with Crippen LogP contribution in [0.15, 0.2) is 24.3 Å². The van der Waals surface area contributed by atoms with E-state index in [2.05, 4.69) is 46.7 Å². The Labute approximate surface area is 128 Å². The third kappa shape index (κ3) is 4.18. The molecule has 1 aliphatic rings. The van der Waals surface area contributed by atoms with Gasteiger partial charge >= 0.3 is 0 Å². The summed E-state index contributed by atoms with van der Waals surface area (Å²) in [6, 6.07) is 8.64. The van der Waals surface area contributed by atoms with Gasteiger partial charge in [0.1, 0.15) is 0 Å². The van der Waals surface area contributed by atoms with Crippen molar-refractivity contribution < 1.29 is 4.79 Å². The second-order valence-corrected chi connectivity index (χ2v) is 6.63. The van der Waals surface area contributed by atoms with Crippen molar-refractivity contribution in [1.29, 1.82) is 0 Å². The lowest BCUT2D eigenvalue weighted by Gasteiger charge is -2.34. The summed E-state index contributed by atoms with van der Waals surface area (Å²) in [5.41, 5.74) is 0.756. The zero-order valence-electron chi connectivity index (χ0n) is 11.5. The van der Waals surface area contributed by atoms with Gasteiger partial charge in [-0.15, -0.1) is 0 Å². The Balaban J connectivity index is 1.85. The molecule has 1 amide bonds.